The molecule has 1 aromatic carbocycles. The van der Waals surface area contributed by atoms with Crippen LogP contribution >= 0.6 is 0 Å². The van der Waals surface area contributed by atoms with Crippen LogP contribution in [0, 0.1) is 12.3 Å². The van der Waals surface area contributed by atoms with Crippen molar-refractivity contribution < 1.29 is 24.5 Å². The summed E-state index contributed by atoms with van der Waals surface area (Å²) in [5, 5.41) is 17.4. The fourth-order valence-electron chi connectivity index (χ4n) is 1.17. The van der Waals surface area contributed by atoms with Crippen molar-refractivity contribution in [2.24, 2.45) is 0 Å². The van der Waals surface area contributed by atoms with E-state index in [1.54, 1.807) is 12.1 Å². The molecule has 0 saturated carbocycles. The second-order valence-electron chi connectivity index (χ2n) is 3.23. The molecule has 0 aliphatic carbocycles. The van der Waals surface area contributed by atoms with Crippen molar-refractivity contribution in [1.29, 1.82) is 0 Å². The third-order valence-corrected chi connectivity index (χ3v) is 1.97. The van der Waals surface area contributed by atoms with Crippen LogP contribution in [0.3, 0.4) is 0 Å². The molecule has 0 aliphatic heterocycles. The van der Waals surface area contributed by atoms with Gasteiger partial charge in [0.1, 0.15) is 17.9 Å². The highest BCUT2D eigenvalue weighted by Crippen LogP contribution is 2.14. The standard InChI is InChI=1S/C13H10O5/c1-2-7-18-10-5-3-9(4-6-10)8-11(12(14)15)13(16)17/h1,3-6,8H,7H2,(H,14,15)(H,16,17). The van der Waals surface area contributed by atoms with Crippen molar-refractivity contribution in [3.8, 4) is 18.1 Å². The SMILES string of the molecule is C#CCOc1ccc(C=C(C(=O)O)C(=O)O)cc1. The average Bonchev–Trinajstić information content (AvgIpc) is 2.34. The largest absolute Gasteiger partial charge is 0.481 e. The van der Waals surface area contributed by atoms with Crippen LogP contribution in [0.5, 0.6) is 5.75 Å². The second kappa shape index (κ2) is 6.11. The summed E-state index contributed by atoms with van der Waals surface area (Å²) in [6.07, 6.45) is 6.09. The Labute approximate surface area is 103 Å². The van der Waals surface area contributed by atoms with Crippen molar-refractivity contribution >= 4 is 18.0 Å². The summed E-state index contributed by atoms with van der Waals surface area (Å²) in [5.74, 6) is -0.153. The Bertz CT molecular complexity index is 503. The van der Waals surface area contributed by atoms with Crippen LogP contribution in [0.15, 0.2) is 29.8 Å². The third kappa shape index (κ3) is 3.68. The van der Waals surface area contributed by atoms with E-state index in [0.29, 0.717) is 11.3 Å². The van der Waals surface area contributed by atoms with Crippen LogP contribution in [0.25, 0.3) is 6.08 Å². The lowest BCUT2D eigenvalue weighted by atomic mass is 10.1. The Morgan fingerprint density at radius 2 is 1.78 bits per heavy atom. The lowest BCUT2D eigenvalue weighted by Gasteiger charge is -2.02. The molecule has 0 bridgehead atoms. The molecule has 92 valence electrons. The highest BCUT2D eigenvalue weighted by atomic mass is 16.5. The molecule has 5 heteroatoms. The molecule has 0 radical (unpaired) electrons. The molecule has 0 aromatic heterocycles. The number of ether oxygens (including phenoxy) is 1. The lowest BCUT2D eigenvalue weighted by Crippen LogP contribution is -2.10. The number of aliphatic carboxylic acids is 2. The minimum Gasteiger partial charge on any atom is -0.481 e. The molecule has 0 atom stereocenters. The summed E-state index contributed by atoms with van der Waals surface area (Å²) in [4.78, 5) is 21.3. The Balaban J connectivity index is 2.91. The summed E-state index contributed by atoms with van der Waals surface area (Å²) in [7, 11) is 0. The molecule has 2 N–H and O–H groups in total. The molecule has 0 aliphatic rings. The van der Waals surface area contributed by atoms with E-state index in [2.05, 4.69) is 5.92 Å². The first kappa shape index (κ1) is 13.3. The van der Waals surface area contributed by atoms with Gasteiger partial charge in [-0.15, -0.1) is 6.42 Å². The van der Waals surface area contributed by atoms with Crippen molar-refractivity contribution in [3.63, 3.8) is 0 Å². The van der Waals surface area contributed by atoms with E-state index in [0.717, 1.165) is 6.08 Å². The molecule has 5 nitrogen and oxygen atoms in total. The number of carbonyl (C=O) groups is 2. The normalized spacial score (nSPS) is 9.06. The predicted octanol–water partition coefficient (Wildman–Crippen LogP) is 1.25. The maximum atomic E-state index is 10.7. The molecule has 0 heterocycles. The van der Waals surface area contributed by atoms with Gasteiger partial charge < -0.3 is 14.9 Å². The minimum atomic E-state index is -1.49. The summed E-state index contributed by atoms with van der Waals surface area (Å²) in [5.41, 5.74) is -0.254. The van der Waals surface area contributed by atoms with Gasteiger partial charge in [0, 0.05) is 0 Å². The van der Waals surface area contributed by atoms with Crippen LogP contribution in [-0.4, -0.2) is 28.8 Å². The Kier molecular flexibility index (Phi) is 4.52. The average molecular weight is 246 g/mol. The Hall–Kier alpha value is -2.74. The zero-order chi connectivity index (χ0) is 13.5. The molecule has 0 saturated heterocycles. The van der Waals surface area contributed by atoms with Crippen molar-refractivity contribution in [3.05, 3.63) is 35.4 Å². The smallest absolute Gasteiger partial charge is 0.343 e. The number of carboxylic acids is 2. The van der Waals surface area contributed by atoms with E-state index in [-0.39, 0.29) is 6.61 Å². The molecule has 0 fully saturated rings. The van der Waals surface area contributed by atoms with Gasteiger partial charge >= 0.3 is 11.9 Å². The summed E-state index contributed by atoms with van der Waals surface area (Å²) in [6, 6.07) is 6.23. The fourth-order valence-corrected chi connectivity index (χ4v) is 1.17. The van der Waals surface area contributed by atoms with Gasteiger partial charge in [-0.25, -0.2) is 9.59 Å². The third-order valence-electron chi connectivity index (χ3n) is 1.97. The molecule has 18 heavy (non-hydrogen) atoms. The van der Waals surface area contributed by atoms with Gasteiger partial charge in [-0.1, -0.05) is 18.1 Å². The van der Waals surface area contributed by atoms with Crippen molar-refractivity contribution in [1.82, 2.24) is 0 Å². The summed E-state index contributed by atoms with van der Waals surface area (Å²) >= 11 is 0. The summed E-state index contributed by atoms with van der Waals surface area (Å²) in [6.45, 7) is 0.130. The molecular formula is C13H10O5. The predicted molar refractivity (Wildman–Crippen MR) is 64.0 cm³/mol. The maximum Gasteiger partial charge on any atom is 0.343 e. The monoisotopic (exact) mass is 246 g/mol. The van der Waals surface area contributed by atoms with Gasteiger partial charge in [-0.2, -0.15) is 0 Å². The molecule has 0 unspecified atom stereocenters. The van der Waals surface area contributed by atoms with E-state index >= 15 is 0 Å². The fraction of sp³-hybridized carbons (Fsp3) is 0.0769. The highest BCUT2D eigenvalue weighted by Gasteiger charge is 2.15. The van der Waals surface area contributed by atoms with Gasteiger partial charge in [0.05, 0.1) is 0 Å². The van der Waals surface area contributed by atoms with Gasteiger partial charge in [-0.05, 0) is 23.8 Å². The molecule has 1 rings (SSSR count). The summed E-state index contributed by atoms with van der Waals surface area (Å²) < 4.78 is 5.12. The number of carboxylic acid groups (broad SMARTS) is 2. The van der Waals surface area contributed by atoms with Crippen LogP contribution in [0.4, 0.5) is 0 Å². The van der Waals surface area contributed by atoms with Gasteiger partial charge in [0.15, 0.2) is 0 Å². The second-order valence-corrected chi connectivity index (χ2v) is 3.23. The van der Waals surface area contributed by atoms with Crippen LogP contribution in [0.2, 0.25) is 0 Å². The molecular weight excluding hydrogens is 236 g/mol. The van der Waals surface area contributed by atoms with E-state index in [9.17, 15) is 9.59 Å². The highest BCUT2D eigenvalue weighted by molar-refractivity contribution is 6.16. The minimum absolute atomic E-state index is 0.130. The number of hydrogen-bond donors (Lipinski definition) is 2. The van der Waals surface area contributed by atoms with Crippen molar-refractivity contribution in [2.45, 2.75) is 0 Å². The number of benzene rings is 1. The van der Waals surface area contributed by atoms with Crippen LogP contribution in [0.1, 0.15) is 5.56 Å². The van der Waals surface area contributed by atoms with E-state index in [4.69, 9.17) is 21.4 Å². The first-order chi connectivity index (χ1) is 8.54. The zero-order valence-electron chi connectivity index (χ0n) is 9.29. The van der Waals surface area contributed by atoms with E-state index < -0.39 is 17.5 Å². The number of terminal acetylenes is 1. The van der Waals surface area contributed by atoms with Gasteiger partial charge in [0.2, 0.25) is 0 Å². The maximum absolute atomic E-state index is 10.7. The topological polar surface area (TPSA) is 83.8 Å². The van der Waals surface area contributed by atoms with Gasteiger partial charge in [0.25, 0.3) is 0 Å². The quantitative estimate of drug-likeness (QED) is 0.353. The first-order valence-corrected chi connectivity index (χ1v) is 4.89. The number of hydrogen-bond acceptors (Lipinski definition) is 3. The Morgan fingerprint density at radius 3 is 2.22 bits per heavy atom. The molecule has 0 spiro atoms. The van der Waals surface area contributed by atoms with E-state index in [1.165, 1.54) is 12.1 Å². The lowest BCUT2D eigenvalue weighted by molar-refractivity contribution is -0.139. The molecule has 0 amide bonds. The van der Waals surface area contributed by atoms with Gasteiger partial charge in [-0.3, -0.25) is 0 Å². The molecule has 1 aromatic rings. The van der Waals surface area contributed by atoms with Crippen LogP contribution in [-0.2, 0) is 9.59 Å². The Morgan fingerprint density at radius 1 is 1.22 bits per heavy atom. The zero-order valence-corrected chi connectivity index (χ0v) is 9.29. The van der Waals surface area contributed by atoms with Crippen molar-refractivity contribution in [2.75, 3.05) is 6.61 Å². The number of rotatable bonds is 5. The van der Waals surface area contributed by atoms with E-state index in [1.807, 2.05) is 0 Å². The first-order valence-electron chi connectivity index (χ1n) is 4.89. The van der Waals surface area contributed by atoms with Crippen LogP contribution < -0.4 is 4.74 Å².